The van der Waals surface area contributed by atoms with Crippen LogP contribution in [0.15, 0.2) is 48.5 Å². The first kappa shape index (κ1) is 18.3. The quantitative estimate of drug-likeness (QED) is 0.469. The summed E-state index contributed by atoms with van der Waals surface area (Å²) in [6, 6.07) is 10.3. The summed E-state index contributed by atoms with van der Waals surface area (Å²) in [7, 11) is 0. The summed E-state index contributed by atoms with van der Waals surface area (Å²) in [4.78, 5) is 5.06. The zero-order valence-corrected chi connectivity index (χ0v) is 12.2. The van der Waals surface area contributed by atoms with Gasteiger partial charge in [0.2, 0.25) is 0 Å². The smallest absolute Gasteiger partial charge is 0.297 e. The van der Waals surface area contributed by atoms with E-state index in [9.17, 15) is 26.3 Å². The molecule has 0 unspecified atom stereocenters. The summed E-state index contributed by atoms with van der Waals surface area (Å²) in [6.45, 7) is -0.161. The maximum atomic E-state index is 12.7. The number of hydroxylamine groups is 1. The molecule has 2 aromatic rings. The lowest BCUT2D eigenvalue weighted by atomic mass is 10.0. The standard InChI is InChI=1S/C16H13F6NO/c17-15(18,19)13-6-12(7-14(8-13)16(20,21)22)9-23-24-10-11-4-2-1-3-5-11/h1-8,23H,9-10H2. The van der Waals surface area contributed by atoms with Gasteiger partial charge in [0.05, 0.1) is 17.7 Å². The van der Waals surface area contributed by atoms with Crippen molar-refractivity contribution in [2.24, 2.45) is 0 Å². The first-order valence-corrected chi connectivity index (χ1v) is 6.83. The Kier molecular flexibility index (Phi) is 5.51. The molecule has 0 saturated heterocycles. The molecule has 8 heteroatoms. The van der Waals surface area contributed by atoms with E-state index >= 15 is 0 Å². The monoisotopic (exact) mass is 349 g/mol. The molecule has 0 aliphatic carbocycles. The Balaban J connectivity index is 2.06. The maximum Gasteiger partial charge on any atom is 0.416 e. The molecule has 0 atom stereocenters. The van der Waals surface area contributed by atoms with Crippen LogP contribution in [-0.2, 0) is 30.3 Å². The maximum absolute atomic E-state index is 12.7. The molecule has 0 bridgehead atoms. The Morgan fingerprint density at radius 3 is 1.79 bits per heavy atom. The lowest BCUT2D eigenvalue weighted by Crippen LogP contribution is -2.17. The number of hydrogen-bond donors (Lipinski definition) is 1. The normalized spacial score (nSPS) is 12.4. The average Bonchev–Trinajstić information content (AvgIpc) is 2.51. The molecule has 2 rings (SSSR count). The molecule has 0 heterocycles. The third-order valence-corrected chi connectivity index (χ3v) is 3.11. The van der Waals surface area contributed by atoms with Crippen molar-refractivity contribution in [2.75, 3.05) is 0 Å². The van der Waals surface area contributed by atoms with Gasteiger partial charge in [0.15, 0.2) is 0 Å². The zero-order chi connectivity index (χ0) is 17.8. The van der Waals surface area contributed by atoms with Crippen molar-refractivity contribution in [3.05, 3.63) is 70.8 Å². The van der Waals surface area contributed by atoms with Crippen molar-refractivity contribution in [1.82, 2.24) is 5.48 Å². The van der Waals surface area contributed by atoms with Gasteiger partial charge in [-0.05, 0) is 29.3 Å². The summed E-state index contributed by atoms with van der Waals surface area (Å²) < 4.78 is 76.4. The molecule has 2 nitrogen and oxygen atoms in total. The highest BCUT2D eigenvalue weighted by molar-refractivity contribution is 5.33. The van der Waals surface area contributed by atoms with E-state index in [1.54, 1.807) is 30.3 Å². The van der Waals surface area contributed by atoms with Gasteiger partial charge in [-0.1, -0.05) is 30.3 Å². The highest BCUT2D eigenvalue weighted by Gasteiger charge is 2.36. The molecule has 0 aliphatic rings. The lowest BCUT2D eigenvalue weighted by Gasteiger charge is -2.14. The first-order chi connectivity index (χ1) is 11.2. The van der Waals surface area contributed by atoms with Gasteiger partial charge in [0.25, 0.3) is 0 Å². The van der Waals surface area contributed by atoms with Crippen molar-refractivity contribution in [3.8, 4) is 0 Å². The van der Waals surface area contributed by atoms with Crippen LogP contribution in [0, 0.1) is 0 Å². The highest BCUT2D eigenvalue weighted by Crippen LogP contribution is 2.36. The van der Waals surface area contributed by atoms with Crippen molar-refractivity contribution in [2.45, 2.75) is 25.5 Å². The summed E-state index contributed by atoms with van der Waals surface area (Å²) in [6.07, 6.45) is -9.72. The van der Waals surface area contributed by atoms with E-state index in [0.29, 0.717) is 12.1 Å². The van der Waals surface area contributed by atoms with E-state index in [1.807, 2.05) is 0 Å². The predicted octanol–water partition coefficient (Wildman–Crippen LogP) is 4.95. The molecule has 24 heavy (non-hydrogen) atoms. The first-order valence-electron chi connectivity index (χ1n) is 6.83. The second-order valence-electron chi connectivity index (χ2n) is 5.01. The van der Waals surface area contributed by atoms with Crippen LogP contribution in [0.5, 0.6) is 0 Å². The topological polar surface area (TPSA) is 21.3 Å². The minimum absolute atomic E-state index is 0.0916. The van der Waals surface area contributed by atoms with Crippen LogP contribution in [0.25, 0.3) is 0 Å². The zero-order valence-electron chi connectivity index (χ0n) is 12.2. The van der Waals surface area contributed by atoms with E-state index in [2.05, 4.69) is 5.48 Å². The number of nitrogens with one attached hydrogen (secondary N) is 1. The molecule has 2 aromatic carbocycles. The van der Waals surface area contributed by atoms with Crippen molar-refractivity contribution in [1.29, 1.82) is 0 Å². The number of hydrogen-bond acceptors (Lipinski definition) is 2. The molecular formula is C16H13F6NO. The minimum Gasteiger partial charge on any atom is -0.297 e. The van der Waals surface area contributed by atoms with Crippen LogP contribution in [0.2, 0.25) is 0 Å². The van der Waals surface area contributed by atoms with Gasteiger partial charge in [0.1, 0.15) is 0 Å². The van der Waals surface area contributed by atoms with Crippen molar-refractivity contribution in [3.63, 3.8) is 0 Å². The molecule has 0 saturated carbocycles. The second-order valence-corrected chi connectivity index (χ2v) is 5.01. The van der Waals surface area contributed by atoms with Gasteiger partial charge < -0.3 is 0 Å². The van der Waals surface area contributed by atoms with Crippen LogP contribution in [0.4, 0.5) is 26.3 Å². The fourth-order valence-corrected chi connectivity index (χ4v) is 1.96. The third-order valence-electron chi connectivity index (χ3n) is 3.11. The average molecular weight is 349 g/mol. The van der Waals surface area contributed by atoms with Gasteiger partial charge in [-0.2, -0.15) is 31.8 Å². The van der Waals surface area contributed by atoms with Crippen molar-refractivity contribution >= 4 is 0 Å². The van der Waals surface area contributed by atoms with Crippen LogP contribution in [0.3, 0.4) is 0 Å². The Morgan fingerprint density at radius 2 is 1.29 bits per heavy atom. The number of halogens is 6. The van der Waals surface area contributed by atoms with E-state index < -0.39 is 23.5 Å². The highest BCUT2D eigenvalue weighted by atomic mass is 19.4. The molecular weight excluding hydrogens is 336 g/mol. The molecule has 0 aliphatic heterocycles. The van der Waals surface area contributed by atoms with E-state index in [4.69, 9.17) is 4.84 Å². The molecule has 0 fully saturated rings. The SMILES string of the molecule is FC(F)(F)c1cc(CNOCc2ccccc2)cc(C(F)(F)F)c1. The molecule has 0 spiro atoms. The van der Waals surface area contributed by atoms with Gasteiger partial charge in [-0.3, -0.25) is 4.84 Å². The number of alkyl halides is 6. The van der Waals surface area contributed by atoms with Gasteiger partial charge in [0, 0.05) is 6.54 Å². The summed E-state index contributed by atoms with van der Waals surface area (Å²) in [5.74, 6) is 0. The van der Waals surface area contributed by atoms with Crippen LogP contribution >= 0.6 is 0 Å². The summed E-state index contributed by atoms with van der Waals surface area (Å²) >= 11 is 0. The van der Waals surface area contributed by atoms with E-state index in [1.165, 1.54) is 0 Å². The van der Waals surface area contributed by atoms with Crippen LogP contribution < -0.4 is 5.48 Å². The lowest BCUT2D eigenvalue weighted by molar-refractivity contribution is -0.143. The number of benzene rings is 2. The van der Waals surface area contributed by atoms with E-state index in [0.717, 1.165) is 5.56 Å². The van der Waals surface area contributed by atoms with E-state index in [-0.39, 0.29) is 24.8 Å². The summed E-state index contributed by atoms with van der Waals surface area (Å²) in [5, 5.41) is 0. The van der Waals surface area contributed by atoms with Crippen LogP contribution in [-0.4, -0.2) is 0 Å². The molecule has 130 valence electrons. The molecule has 0 aromatic heterocycles. The number of rotatable bonds is 5. The second kappa shape index (κ2) is 7.23. The van der Waals surface area contributed by atoms with Crippen molar-refractivity contribution < 1.29 is 31.2 Å². The Labute approximate surface area is 134 Å². The molecule has 0 amide bonds. The van der Waals surface area contributed by atoms with Gasteiger partial charge >= 0.3 is 12.4 Å². The fourth-order valence-electron chi connectivity index (χ4n) is 1.96. The largest absolute Gasteiger partial charge is 0.416 e. The van der Waals surface area contributed by atoms with Gasteiger partial charge in [-0.15, -0.1) is 0 Å². The minimum atomic E-state index is -4.86. The predicted molar refractivity (Wildman–Crippen MR) is 74.5 cm³/mol. The fraction of sp³-hybridized carbons (Fsp3) is 0.250. The Morgan fingerprint density at radius 1 is 0.750 bits per heavy atom. The molecule has 0 radical (unpaired) electrons. The van der Waals surface area contributed by atoms with Crippen LogP contribution in [0.1, 0.15) is 22.3 Å². The Hall–Kier alpha value is -2.06. The van der Waals surface area contributed by atoms with Gasteiger partial charge in [-0.25, -0.2) is 0 Å². The molecule has 1 N–H and O–H groups in total. The Bertz CT molecular complexity index is 634. The third kappa shape index (κ3) is 5.24. The summed E-state index contributed by atoms with van der Waals surface area (Å²) in [5.41, 5.74) is 0.308.